The quantitative estimate of drug-likeness (QED) is 0.538. The largest absolute Gasteiger partial charge is 0.424 e. The fourth-order valence-corrected chi connectivity index (χ4v) is 2.12. The van der Waals surface area contributed by atoms with Gasteiger partial charge in [0.15, 0.2) is 7.83 Å². The second-order valence-electron chi connectivity index (χ2n) is 2.96. The van der Waals surface area contributed by atoms with Crippen LogP contribution in [-0.2, 0) is 4.43 Å². The Morgan fingerprint density at radius 1 is 1.25 bits per heavy atom. The van der Waals surface area contributed by atoms with Gasteiger partial charge in [0.25, 0.3) is 0 Å². The van der Waals surface area contributed by atoms with Gasteiger partial charge in [-0.2, -0.15) is 0 Å². The van der Waals surface area contributed by atoms with Gasteiger partial charge in [-0.3, -0.25) is 0 Å². The first kappa shape index (κ1) is 8.39. The normalized spacial score (nSPS) is 12.8. The van der Waals surface area contributed by atoms with Crippen molar-refractivity contribution in [2.24, 2.45) is 0 Å². The molecular formula is C5H16OSi2. The van der Waals surface area contributed by atoms with E-state index in [1.165, 1.54) is 0 Å². The van der Waals surface area contributed by atoms with E-state index in [4.69, 9.17) is 4.43 Å². The summed E-state index contributed by atoms with van der Waals surface area (Å²) in [4.78, 5) is 0. The summed E-state index contributed by atoms with van der Waals surface area (Å²) >= 11 is 0. The van der Waals surface area contributed by atoms with Crippen LogP contribution in [0.5, 0.6) is 0 Å². The van der Waals surface area contributed by atoms with Gasteiger partial charge in [0, 0.05) is 7.11 Å². The Kier molecular flexibility index (Phi) is 2.94. The van der Waals surface area contributed by atoms with Crippen molar-refractivity contribution >= 4 is 16.1 Å². The molecule has 0 rings (SSSR count). The third-order valence-corrected chi connectivity index (χ3v) is 14.8. The summed E-state index contributed by atoms with van der Waals surface area (Å²) in [6, 6.07) is 0. The van der Waals surface area contributed by atoms with E-state index in [9.17, 15) is 0 Å². The van der Waals surface area contributed by atoms with Crippen molar-refractivity contribution in [2.75, 3.05) is 7.11 Å². The van der Waals surface area contributed by atoms with Gasteiger partial charge in [0.2, 0.25) is 0 Å². The summed E-state index contributed by atoms with van der Waals surface area (Å²) in [6.45, 7) is 9.30. The second kappa shape index (κ2) is 2.80. The lowest BCUT2D eigenvalue weighted by molar-refractivity contribution is 0.420. The van der Waals surface area contributed by atoms with Crippen LogP contribution in [0.2, 0.25) is 26.2 Å². The average Bonchev–Trinajstić information content (AvgIpc) is 1.67. The number of rotatable bonds is 2. The zero-order valence-electron chi connectivity index (χ0n) is 6.49. The molecule has 0 radical (unpaired) electrons. The monoisotopic (exact) mass is 148 g/mol. The van der Waals surface area contributed by atoms with E-state index in [-0.39, 0.29) is 0 Å². The first-order valence-electron chi connectivity index (χ1n) is 3.06. The van der Waals surface area contributed by atoms with Crippen molar-refractivity contribution in [1.29, 1.82) is 0 Å². The second-order valence-corrected chi connectivity index (χ2v) is 16.5. The van der Waals surface area contributed by atoms with Gasteiger partial charge in [-0.05, 0) is 13.1 Å². The Labute approximate surface area is 54.6 Å². The van der Waals surface area contributed by atoms with Crippen LogP contribution in [0.15, 0.2) is 0 Å². The van der Waals surface area contributed by atoms with E-state index in [0.29, 0.717) is 0 Å². The molecule has 0 aromatic rings. The highest BCUT2D eigenvalue weighted by Crippen LogP contribution is 2.05. The van der Waals surface area contributed by atoms with Crippen LogP contribution in [-0.4, -0.2) is 23.3 Å². The van der Waals surface area contributed by atoms with Gasteiger partial charge in [-0.15, -0.1) is 0 Å². The van der Waals surface area contributed by atoms with Crippen molar-refractivity contribution in [3.63, 3.8) is 0 Å². The van der Waals surface area contributed by atoms with Crippen molar-refractivity contribution in [3.8, 4) is 0 Å². The van der Waals surface area contributed by atoms with Crippen LogP contribution in [0.3, 0.4) is 0 Å². The lowest BCUT2D eigenvalue weighted by Gasteiger charge is -2.22. The zero-order chi connectivity index (χ0) is 6.78. The standard InChI is InChI=1S/C5H16OSi2/c1-6-8(4,5)7(2)3/h7H,1-5H3. The third-order valence-electron chi connectivity index (χ3n) is 1.92. The van der Waals surface area contributed by atoms with Gasteiger partial charge >= 0.3 is 0 Å². The predicted molar refractivity (Wildman–Crippen MR) is 43.4 cm³/mol. The minimum absolute atomic E-state index is 0.463. The van der Waals surface area contributed by atoms with Crippen LogP contribution >= 0.6 is 0 Å². The van der Waals surface area contributed by atoms with Crippen LogP contribution in [0.1, 0.15) is 0 Å². The fourth-order valence-electron chi connectivity index (χ4n) is 0.236. The molecule has 0 bridgehead atoms. The molecule has 0 aromatic heterocycles. The van der Waals surface area contributed by atoms with Crippen LogP contribution in [0.25, 0.3) is 0 Å². The maximum atomic E-state index is 5.40. The SMILES string of the molecule is CO[Si](C)(C)[SiH](C)C. The molecular weight excluding hydrogens is 132 g/mol. The summed E-state index contributed by atoms with van der Waals surface area (Å²) < 4.78 is 5.40. The van der Waals surface area contributed by atoms with E-state index in [0.717, 1.165) is 0 Å². The highest BCUT2D eigenvalue weighted by atomic mass is 29.2. The first-order valence-corrected chi connectivity index (χ1v) is 10.1. The van der Waals surface area contributed by atoms with Crippen LogP contribution in [0.4, 0.5) is 0 Å². The highest BCUT2D eigenvalue weighted by Gasteiger charge is 2.25. The van der Waals surface area contributed by atoms with Crippen molar-refractivity contribution in [1.82, 2.24) is 0 Å². The molecule has 0 saturated carbocycles. The topological polar surface area (TPSA) is 9.23 Å². The molecule has 0 aliphatic carbocycles. The summed E-state index contributed by atoms with van der Waals surface area (Å²) in [5, 5.41) is 0. The van der Waals surface area contributed by atoms with Gasteiger partial charge in [0.1, 0.15) is 0 Å². The van der Waals surface area contributed by atoms with Gasteiger partial charge < -0.3 is 4.43 Å². The minimum Gasteiger partial charge on any atom is -0.424 e. The Balaban J connectivity index is 3.71. The van der Waals surface area contributed by atoms with Crippen LogP contribution < -0.4 is 0 Å². The Bertz CT molecular complexity index is 70.8. The predicted octanol–water partition coefficient (Wildman–Crippen LogP) is 1.40. The molecule has 0 heterocycles. The lowest BCUT2D eigenvalue weighted by atomic mass is 11.8. The smallest absolute Gasteiger partial charge is 0.169 e. The Morgan fingerprint density at radius 3 is 1.62 bits per heavy atom. The van der Waals surface area contributed by atoms with E-state index in [1.807, 2.05) is 7.11 Å². The molecule has 8 heavy (non-hydrogen) atoms. The van der Waals surface area contributed by atoms with E-state index < -0.39 is 16.1 Å². The van der Waals surface area contributed by atoms with Gasteiger partial charge in [-0.25, -0.2) is 0 Å². The minimum atomic E-state index is -1.12. The van der Waals surface area contributed by atoms with E-state index in [1.54, 1.807) is 0 Å². The van der Waals surface area contributed by atoms with Crippen molar-refractivity contribution in [2.45, 2.75) is 26.2 Å². The molecule has 1 nitrogen and oxygen atoms in total. The summed E-state index contributed by atoms with van der Waals surface area (Å²) in [5.74, 6) is 0. The molecule has 0 fully saturated rings. The van der Waals surface area contributed by atoms with Crippen molar-refractivity contribution in [3.05, 3.63) is 0 Å². The van der Waals surface area contributed by atoms with E-state index in [2.05, 4.69) is 26.2 Å². The molecule has 0 spiro atoms. The lowest BCUT2D eigenvalue weighted by Crippen LogP contribution is -2.43. The molecule has 0 atom stereocenters. The maximum Gasteiger partial charge on any atom is 0.169 e. The average molecular weight is 148 g/mol. The van der Waals surface area contributed by atoms with Crippen LogP contribution in [0, 0.1) is 0 Å². The molecule has 0 unspecified atom stereocenters. The number of hydrogen-bond acceptors (Lipinski definition) is 1. The molecule has 0 saturated heterocycles. The maximum absolute atomic E-state index is 5.40. The molecule has 0 aliphatic heterocycles. The Morgan fingerprint density at radius 2 is 1.62 bits per heavy atom. The Hall–Kier alpha value is 0.394. The summed E-state index contributed by atoms with van der Waals surface area (Å²) in [6.07, 6.45) is 0. The number of hydrogen-bond donors (Lipinski definition) is 0. The van der Waals surface area contributed by atoms with Gasteiger partial charge in [-0.1, -0.05) is 13.1 Å². The third kappa shape index (κ3) is 2.11. The van der Waals surface area contributed by atoms with Crippen molar-refractivity contribution < 1.29 is 4.43 Å². The van der Waals surface area contributed by atoms with E-state index >= 15 is 0 Å². The van der Waals surface area contributed by atoms with Gasteiger partial charge in [0.05, 0.1) is 8.31 Å². The zero-order valence-corrected chi connectivity index (χ0v) is 8.64. The highest BCUT2D eigenvalue weighted by molar-refractivity contribution is 7.28. The summed E-state index contributed by atoms with van der Waals surface area (Å²) in [5.41, 5.74) is 0. The summed E-state index contributed by atoms with van der Waals surface area (Å²) in [7, 11) is 0.268. The molecule has 0 amide bonds. The molecule has 0 aliphatic rings. The molecule has 0 N–H and O–H groups in total. The fraction of sp³-hybridized carbons (Fsp3) is 1.00. The molecule has 50 valence electrons. The molecule has 0 aromatic carbocycles. The first-order chi connectivity index (χ1) is 3.50. The molecule has 3 heteroatoms.